The Hall–Kier alpha value is 0.270. The maximum Gasteiger partial charge on any atom is 0.0215 e. The summed E-state index contributed by atoms with van der Waals surface area (Å²) in [5.41, 5.74) is 0. The lowest BCUT2D eigenvalue weighted by Gasteiger charge is -2.27. The van der Waals surface area contributed by atoms with Crippen molar-refractivity contribution in [3.05, 3.63) is 0 Å². The van der Waals surface area contributed by atoms with Crippen molar-refractivity contribution in [3.8, 4) is 0 Å². The van der Waals surface area contributed by atoms with E-state index in [0.29, 0.717) is 0 Å². The van der Waals surface area contributed by atoms with Crippen LogP contribution in [0.25, 0.3) is 0 Å². The van der Waals surface area contributed by atoms with Crippen LogP contribution in [0.1, 0.15) is 26.2 Å². The Bertz CT molecular complexity index is 148. The molecule has 0 aromatic carbocycles. The van der Waals surface area contributed by atoms with E-state index in [2.05, 4.69) is 30.4 Å². The minimum Gasteiger partial charge on any atom is -0.312 e. The second-order valence-electron chi connectivity index (χ2n) is 4.22. The Kier molecular flexibility index (Phi) is 5.90. The number of hydrogen-bond acceptors (Lipinski definition) is 3. The van der Waals surface area contributed by atoms with E-state index < -0.39 is 0 Å². The van der Waals surface area contributed by atoms with Gasteiger partial charge in [0.15, 0.2) is 0 Å². The highest BCUT2D eigenvalue weighted by molar-refractivity contribution is 7.98. The first-order chi connectivity index (χ1) is 6.77. The van der Waals surface area contributed by atoms with Crippen molar-refractivity contribution in [1.82, 2.24) is 10.2 Å². The molecule has 1 unspecified atom stereocenters. The Morgan fingerprint density at radius 3 is 2.71 bits per heavy atom. The van der Waals surface area contributed by atoms with E-state index in [1.54, 1.807) is 0 Å². The third kappa shape index (κ3) is 4.67. The van der Waals surface area contributed by atoms with Crippen molar-refractivity contribution in [2.45, 2.75) is 38.3 Å². The smallest absolute Gasteiger partial charge is 0.0215 e. The van der Waals surface area contributed by atoms with Gasteiger partial charge in [0, 0.05) is 30.9 Å². The summed E-state index contributed by atoms with van der Waals surface area (Å²) in [6.45, 7) is 4.67. The number of likely N-dealkylation sites (N-methyl/N-ethyl adjacent to an activating group) is 1. The van der Waals surface area contributed by atoms with Crippen molar-refractivity contribution in [2.75, 3.05) is 32.1 Å². The summed E-state index contributed by atoms with van der Waals surface area (Å²) in [6.07, 6.45) is 6.22. The summed E-state index contributed by atoms with van der Waals surface area (Å²) in [7, 11) is 2.25. The fourth-order valence-corrected chi connectivity index (χ4v) is 2.09. The van der Waals surface area contributed by atoms with Gasteiger partial charge in [-0.25, -0.2) is 0 Å². The summed E-state index contributed by atoms with van der Waals surface area (Å²) in [4.78, 5) is 2.49. The zero-order chi connectivity index (χ0) is 10.4. The average molecular weight is 216 g/mol. The molecular weight excluding hydrogens is 192 g/mol. The number of thioether (sulfide) groups is 1. The summed E-state index contributed by atoms with van der Waals surface area (Å²) in [5.74, 6) is 1.25. The van der Waals surface area contributed by atoms with Gasteiger partial charge >= 0.3 is 0 Å². The molecule has 2 nitrogen and oxygen atoms in total. The van der Waals surface area contributed by atoms with Gasteiger partial charge in [-0.1, -0.05) is 6.92 Å². The quantitative estimate of drug-likeness (QED) is 0.666. The molecule has 0 heterocycles. The van der Waals surface area contributed by atoms with Crippen LogP contribution >= 0.6 is 11.8 Å². The monoisotopic (exact) mass is 216 g/mol. The van der Waals surface area contributed by atoms with Gasteiger partial charge in [-0.05, 0) is 32.6 Å². The van der Waals surface area contributed by atoms with E-state index in [9.17, 15) is 0 Å². The summed E-state index contributed by atoms with van der Waals surface area (Å²) in [5, 5.41) is 3.62. The average Bonchev–Trinajstić information content (AvgIpc) is 2.99. The summed E-state index contributed by atoms with van der Waals surface area (Å²) < 4.78 is 0. The van der Waals surface area contributed by atoms with Gasteiger partial charge in [-0.2, -0.15) is 11.8 Å². The van der Waals surface area contributed by atoms with Crippen LogP contribution in [0.3, 0.4) is 0 Å². The Balaban J connectivity index is 2.13. The lowest BCUT2D eigenvalue weighted by Crippen LogP contribution is -2.41. The van der Waals surface area contributed by atoms with E-state index in [-0.39, 0.29) is 0 Å². The van der Waals surface area contributed by atoms with Crippen LogP contribution in [0.2, 0.25) is 0 Å². The normalized spacial score (nSPS) is 18.9. The number of rotatable bonds is 8. The molecule has 0 saturated heterocycles. The third-order valence-corrected chi connectivity index (χ3v) is 3.55. The van der Waals surface area contributed by atoms with E-state index in [1.807, 2.05) is 11.8 Å². The Labute approximate surface area is 92.8 Å². The molecule has 14 heavy (non-hydrogen) atoms. The Morgan fingerprint density at radius 2 is 2.21 bits per heavy atom. The van der Waals surface area contributed by atoms with Gasteiger partial charge in [-0.3, -0.25) is 0 Å². The van der Waals surface area contributed by atoms with Crippen LogP contribution in [0.5, 0.6) is 0 Å². The molecule has 1 rings (SSSR count). The van der Waals surface area contributed by atoms with E-state index >= 15 is 0 Å². The van der Waals surface area contributed by atoms with Crippen molar-refractivity contribution in [1.29, 1.82) is 0 Å². The van der Waals surface area contributed by atoms with E-state index in [4.69, 9.17) is 0 Å². The molecule has 1 aliphatic carbocycles. The fraction of sp³-hybridized carbons (Fsp3) is 1.00. The van der Waals surface area contributed by atoms with Crippen molar-refractivity contribution < 1.29 is 0 Å². The first kappa shape index (κ1) is 12.3. The lowest BCUT2D eigenvalue weighted by atomic mass is 10.2. The highest BCUT2D eigenvalue weighted by Gasteiger charge is 2.22. The maximum atomic E-state index is 3.62. The zero-order valence-electron chi connectivity index (χ0n) is 9.75. The van der Waals surface area contributed by atoms with Gasteiger partial charge in [0.2, 0.25) is 0 Å². The molecule has 0 amide bonds. The number of nitrogens with zero attached hydrogens (tertiary/aromatic N) is 1. The molecule has 3 heteroatoms. The molecule has 0 aromatic heterocycles. The van der Waals surface area contributed by atoms with E-state index in [0.717, 1.165) is 12.1 Å². The maximum absolute atomic E-state index is 3.62. The molecule has 1 fully saturated rings. The Morgan fingerprint density at radius 1 is 1.50 bits per heavy atom. The van der Waals surface area contributed by atoms with Crippen molar-refractivity contribution in [3.63, 3.8) is 0 Å². The first-order valence-corrected chi connectivity index (χ1v) is 7.09. The predicted octanol–water partition coefficient (Wildman–Crippen LogP) is 1.81. The molecular formula is C11H24N2S. The third-order valence-electron chi connectivity index (χ3n) is 2.96. The molecule has 0 spiro atoms. The standard InChI is InChI=1S/C11H24N2S/c1-4-11(9-12-10-5-6-10)13(2)7-8-14-3/h10-12H,4-9H2,1-3H3. The van der Waals surface area contributed by atoms with Gasteiger partial charge < -0.3 is 10.2 Å². The molecule has 0 aromatic rings. The minimum atomic E-state index is 0.725. The minimum absolute atomic E-state index is 0.725. The second kappa shape index (κ2) is 6.70. The van der Waals surface area contributed by atoms with Crippen LogP contribution in [0, 0.1) is 0 Å². The topological polar surface area (TPSA) is 15.3 Å². The molecule has 1 N–H and O–H groups in total. The van der Waals surface area contributed by atoms with Crippen LogP contribution in [0.4, 0.5) is 0 Å². The van der Waals surface area contributed by atoms with Crippen LogP contribution in [0.15, 0.2) is 0 Å². The highest BCUT2D eigenvalue weighted by atomic mass is 32.2. The van der Waals surface area contributed by atoms with Crippen molar-refractivity contribution in [2.24, 2.45) is 0 Å². The lowest BCUT2D eigenvalue weighted by molar-refractivity contribution is 0.242. The molecule has 84 valence electrons. The van der Waals surface area contributed by atoms with Crippen LogP contribution < -0.4 is 5.32 Å². The summed E-state index contributed by atoms with van der Waals surface area (Å²) in [6, 6.07) is 1.57. The van der Waals surface area contributed by atoms with Crippen molar-refractivity contribution >= 4 is 11.8 Å². The number of nitrogens with one attached hydrogen (secondary N) is 1. The van der Waals surface area contributed by atoms with Gasteiger partial charge in [-0.15, -0.1) is 0 Å². The molecule has 1 saturated carbocycles. The molecule has 1 atom stereocenters. The molecule has 0 aliphatic heterocycles. The summed E-state index contributed by atoms with van der Waals surface area (Å²) >= 11 is 1.93. The zero-order valence-corrected chi connectivity index (χ0v) is 10.6. The molecule has 0 radical (unpaired) electrons. The predicted molar refractivity (Wildman–Crippen MR) is 66.1 cm³/mol. The van der Waals surface area contributed by atoms with E-state index in [1.165, 1.54) is 38.1 Å². The van der Waals surface area contributed by atoms with Crippen LogP contribution in [-0.2, 0) is 0 Å². The fourth-order valence-electron chi connectivity index (χ4n) is 1.62. The van der Waals surface area contributed by atoms with Gasteiger partial charge in [0.25, 0.3) is 0 Å². The van der Waals surface area contributed by atoms with Crippen LogP contribution in [-0.4, -0.2) is 49.1 Å². The molecule has 1 aliphatic rings. The second-order valence-corrected chi connectivity index (χ2v) is 5.20. The largest absolute Gasteiger partial charge is 0.312 e. The van der Waals surface area contributed by atoms with Gasteiger partial charge in [0.1, 0.15) is 0 Å². The highest BCUT2D eigenvalue weighted by Crippen LogP contribution is 2.18. The SMILES string of the molecule is CCC(CNC1CC1)N(C)CCSC. The molecule has 0 bridgehead atoms. The van der Waals surface area contributed by atoms with Gasteiger partial charge in [0.05, 0.1) is 0 Å². The first-order valence-electron chi connectivity index (χ1n) is 5.70. The number of hydrogen-bond donors (Lipinski definition) is 1.